The summed E-state index contributed by atoms with van der Waals surface area (Å²) in [5.74, 6) is -2.20. The van der Waals surface area contributed by atoms with E-state index >= 15 is 0 Å². The van der Waals surface area contributed by atoms with Crippen molar-refractivity contribution in [3.05, 3.63) is 58.1 Å². The Labute approximate surface area is 183 Å². The van der Waals surface area contributed by atoms with Gasteiger partial charge in [-0.15, -0.1) is 0 Å². The second-order valence-electron chi connectivity index (χ2n) is 8.69. The van der Waals surface area contributed by atoms with E-state index < -0.39 is 17.4 Å². The number of nitrogens with zero attached hydrogens (tertiary/aromatic N) is 1. The van der Waals surface area contributed by atoms with Crippen molar-refractivity contribution in [3.63, 3.8) is 0 Å². The average molecular weight is 468 g/mol. The highest BCUT2D eigenvalue weighted by Crippen LogP contribution is 2.54. The van der Waals surface area contributed by atoms with Crippen LogP contribution in [0.1, 0.15) is 25.0 Å². The van der Waals surface area contributed by atoms with Crippen molar-refractivity contribution in [3.8, 4) is 0 Å². The van der Waals surface area contributed by atoms with Crippen LogP contribution in [0.15, 0.2) is 46.9 Å². The molecule has 5 rings (SSSR count). The van der Waals surface area contributed by atoms with Crippen LogP contribution in [0.5, 0.6) is 0 Å². The molecule has 1 spiro atoms. The Bertz CT molecular complexity index is 1110. The quantitative estimate of drug-likeness (QED) is 0.663. The predicted octanol–water partition coefficient (Wildman–Crippen LogP) is 3.34. The zero-order valence-electron chi connectivity index (χ0n) is 16.9. The van der Waals surface area contributed by atoms with Crippen LogP contribution in [0.25, 0.3) is 0 Å². The number of amides is 3. The number of rotatable bonds is 2. The van der Waals surface area contributed by atoms with Crippen LogP contribution >= 0.6 is 15.9 Å². The van der Waals surface area contributed by atoms with Gasteiger partial charge in [0.2, 0.25) is 17.7 Å². The first-order valence-electron chi connectivity index (χ1n) is 10.1. The third kappa shape index (κ3) is 2.36. The first kappa shape index (κ1) is 19.5. The second-order valence-corrected chi connectivity index (χ2v) is 9.55. The smallest absolute Gasteiger partial charge is 0.250 e. The van der Waals surface area contributed by atoms with Gasteiger partial charge in [0.05, 0.1) is 17.5 Å². The summed E-state index contributed by atoms with van der Waals surface area (Å²) in [7, 11) is 0. The minimum atomic E-state index is -1.24. The Morgan fingerprint density at radius 3 is 2.50 bits per heavy atom. The lowest BCUT2D eigenvalue weighted by Crippen LogP contribution is -2.54. The van der Waals surface area contributed by atoms with Crippen LogP contribution < -0.4 is 15.5 Å². The number of hydrogen-bond acceptors (Lipinski definition) is 4. The third-order valence-electron chi connectivity index (χ3n) is 6.62. The number of benzene rings is 2. The summed E-state index contributed by atoms with van der Waals surface area (Å²) in [5, 5.41) is 6.36. The lowest BCUT2D eigenvalue weighted by Gasteiger charge is -2.30. The summed E-state index contributed by atoms with van der Waals surface area (Å²) in [6, 6.07) is 12.6. The number of para-hydroxylation sites is 1. The maximum Gasteiger partial charge on any atom is 0.250 e. The molecule has 3 aliphatic heterocycles. The Balaban J connectivity index is 1.70. The molecule has 0 unspecified atom stereocenters. The number of carbonyl (C=O) groups excluding carboxylic acids is 3. The molecule has 3 amide bonds. The summed E-state index contributed by atoms with van der Waals surface area (Å²) < 4.78 is 0.684. The van der Waals surface area contributed by atoms with E-state index in [2.05, 4.69) is 26.6 Å². The minimum absolute atomic E-state index is 0.0654. The molecule has 2 N–H and O–H groups in total. The van der Waals surface area contributed by atoms with E-state index in [0.29, 0.717) is 15.8 Å². The predicted molar refractivity (Wildman–Crippen MR) is 117 cm³/mol. The van der Waals surface area contributed by atoms with Crippen LogP contribution in [0.4, 0.5) is 11.4 Å². The molecular formula is C23H22BrN3O3. The van der Waals surface area contributed by atoms with Crippen molar-refractivity contribution >= 4 is 45.0 Å². The maximum atomic E-state index is 13.8. The molecule has 0 bridgehead atoms. The lowest BCUT2D eigenvalue weighted by atomic mass is 9.76. The molecule has 0 aliphatic carbocycles. The molecule has 0 radical (unpaired) electrons. The number of halogens is 1. The van der Waals surface area contributed by atoms with Gasteiger partial charge in [0, 0.05) is 21.8 Å². The largest absolute Gasteiger partial charge is 0.324 e. The number of anilines is 2. The molecule has 0 saturated carbocycles. The molecule has 30 heavy (non-hydrogen) atoms. The summed E-state index contributed by atoms with van der Waals surface area (Å²) in [4.78, 5) is 42.0. The number of hydrogen-bond donors (Lipinski definition) is 2. The highest BCUT2D eigenvalue weighted by molar-refractivity contribution is 9.10. The molecule has 0 aromatic heterocycles. The van der Waals surface area contributed by atoms with E-state index in [9.17, 15) is 14.4 Å². The summed E-state index contributed by atoms with van der Waals surface area (Å²) in [5.41, 5.74) is 1.73. The Hall–Kier alpha value is -2.51. The van der Waals surface area contributed by atoms with Gasteiger partial charge in [-0.05, 0) is 52.5 Å². The van der Waals surface area contributed by atoms with Gasteiger partial charge in [0.25, 0.3) is 0 Å². The van der Waals surface area contributed by atoms with Crippen molar-refractivity contribution in [2.24, 2.45) is 17.8 Å². The second kappa shape index (κ2) is 6.49. The summed E-state index contributed by atoms with van der Waals surface area (Å²) in [6.45, 7) is 5.97. The van der Waals surface area contributed by atoms with Gasteiger partial charge in [-0.3, -0.25) is 19.7 Å². The third-order valence-corrected chi connectivity index (χ3v) is 7.25. The van der Waals surface area contributed by atoms with Gasteiger partial charge in [0.1, 0.15) is 5.54 Å². The van der Waals surface area contributed by atoms with Crippen molar-refractivity contribution in [1.29, 1.82) is 0 Å². The monoisotopic (exact) mass is 467 g/mol. The fraction of sp³-hybridized carbons (Fsp3) is 0.348. The first-order chi connectivity index (χ1) is 14.3. The molecular weight excluding hydrogens is 446 g/mol. The van der Waals surface area contributed by atoms with Crippen LogP contribution in [0.3, 0.4) is 0 Å². The molecule has 6 nitrogen and oxygen atoms in total. The van der Waals surface area contributed by atoms with E-state index in [0.717, 1.165) is 11.1 Å². The van der Waals surface area contributed by atoms with Crippen molar-refractivity contribution in [2.45, 2.75) is 32.4 Å². The SMILES string of the molecule is Cc1ccc(N2C(=O)[C@H]3[C@@H](C2=O)[C@]2(N[C@H]3C(C)C)C(=O)Nc3ccccc32)c(Br)c1. The topological polar surface area (TPSA) is 78.5 Å². The molecule has 3 heterocycles. The van der Waals surface area contributed by atoms with Crippen molar-refractivity contribution in [2.75, 3.05) is 10.2 Å². The van der Waals surface area contributed by atoms with Gasteiger partial charge in [-0.2, -0.15) is 0 Å². The number of nitrogens with one attached hydrogen (secondary N) is 2. The van der Waals surface area contributed by atoms with Gasteiger partial charge in [0.15, 0.2) is 0 Å². The lowest BCUT2D eigenvalue weighted by molar-refractivity contribution is -0.130. The van der Waals surface area contributed by atoms with E-state index in [1.54, 1.807) is 6.07 Å². The molecule has 3 aliphatic rings. The molecule has 4 atom stereocenters. The van der Waals surface area contributed by atoms with Crippen LogP contribution in [-0.4, -0.2) is 23.8 Å². The normalized spacial score (nSPS) is 29.7. The van der Waals surface area contributed by atoms with E-state index in [4.69, 9.17) is 0 Å². The van der Waals surface area contributed by atoms with Crippen molar-refractivity contribution < 1.29 is 14.4 Å². The van der Waals surface area contributed by atoms with Crippen LogP contribution in [0.2, 0.25) is 0 Å². The van der Waals surface area contributed by atoms with Crippen LogP contribution in [-0.2, 0) is 19.9 Å². The number of imide groups is 1. The highest BCUT2D eigenvalue weighted by atomic mass is 79.9. The Morgan fingerprint density at radius 2 is 1.80 bits per heavy atom. The Morgan fingerprint density at radius 1 is 1.07 bits per heavy atom. The maximum absolute atomic E-state index is 13.8. The zero-order chi connectivity index (χ0) is 21.4. The van der Waals surface area contributed by atoms with E-state index in [-0.39, 0.29) is 29.7 Å². The molecule has 2 fully saturated rings. The molecule has 2 aromatic carbocycles. The standard InChI is InChI=1S/C23H22BrN3O3/c1-11(2)19-17-18(23(26-19)13-6-4-5-7-15(13)25-22(23)30)21(29)27(20(17)28)16-9-8-12(3)10-14(16)24/h4-11,17-19,26H,1-3H3,(H,25,30)/t17-,18-,19-,23-/m0/s1. The van der Waals surface area contributed by atoms with Gasteiger partial charge < -0.3 is 5.32 Å². The zero-order valence-corrected chi connectivity index (χ0v) is 18.5. The minimum Gasteiger partial charge on any atom is -0.324 e. The molecule has 154 valence electrons. The number of aryl methyl sites for hydroxylation is 1. The average Bonchev–Trinajstić information content (AvgIpc) is 3.28. The van der Waals surface area contributed by atoms with Crippen LogP contribution in [0, 0.1) is 24.7 Å². The van der Waals surface area contributed by atoms with E-state index in [1.807, 2.05) is 57.2 Å². The Kier molecular flexibility index (Phi) is 4.21. The van der Waals surface area contributed by atoms with Gasteiger partial charge in [-0.25, -0.2) is 4.90 Å². The number of fused-ring (bicyclic) bond motifs is 4. The van der Waals surface area contributed by atoms with Gasteiger partial charge in [-0.1, -0.05) is 38.1 Å². The fourth-order valence-corrected chi connectivity index (χ4v) is 5.96. The molecule has 2 saturated heterocycles. The van der Waals surface area contributed by atoms with E-state index in [1.165, 1.54) is 4.90 Å². The number of carbonyl (C=O) groups is 3. The summed E-state index contributed by atoms with van der Waals surface area (Å²) in [6.07, 6.45) is 0. The molecule has 2 aromatic rings. The summed E-state index contributed by atoms with van der Waals surface area (Å²) >= 11 is 3.51. The molecule has 7 heteroatoms. The first-order valence-corrected chi connectivity index (χ1v) is 10.9. The van der Waals surface area contributed by atoms with Crippen molar-refractivity contribution in [1.82, 2.24) is 5.32 Å². The fourth-order valence-electron chi connectivity index (χ4n) is 5.29. The van der Waals surface area contributed by atoms with Gasteiger partial charge >= 0.3 is 0 Å². The highest BCUT2D eigenvalue weighted by Gasteiger charge is 2.71.